The van der Waals surface area contributed by atoms with Gasteiger partial charge < -0.3 is 39.0 Å². The molecule has 0 aliphatic carbocycles. The molecule has 0 amide bonds. The number of rotatable bonds is 49. The Morgan fingerprint density at radius 1 is 0.442 bits per heavy atom. The molecule has 0 spiro atoms. The van der Waals surface area contributed by atoms with Crippen molar-refractivity contribution in [3.05, 3.63) is 109 Å². The van der Waals surface area contributed by atoms with Crippen LogP contribution in [-0.2, 0) is 42.9 Å². The van der Waals surface area contributed by atoms with Crippen LogP contribution in [0.3, 0.4) is 0 Å². The van der Waals surface area contributed by atoms with Gasteiger partial charge in [-0.2, -0.15) is 0 Å². The fourth-order valence-corrected chi connectivity index (χ4v) is 8.23. The summed E-state index contributed by atoms with van der Waals surface area (Å²) in [7, 11) is 0. The van der Waals surface area contributed by atoms with E-state index in [1.54, 1.807) is 0 Å². The van der Waals surface area contributed by atoms with E-state index in [1.807, 2.05) is 6.08 Å². The van der Waals surface area contributed by atoms with Gasteiger partial charge in [-0.1, -0.05) is 201 Å². The molecule has 3 N–H and O–H groups in total. The second-order valence-corrected chi connectivity index (χ2v) is 19.9. The maximum Gasteiger partial charge on any atom is 0.335 e. The van der Waals surface area contributed by atoms with Crippen molar-refractivity contribution < 1.29 is 58.2 Å². The minimum atomic E-state index is -1.92. The molecule has 0 bridgehead atoms. The molecule has 77 heavy (non-hydrogen) atoms. The molecule has 0 radical (unpaired) electrons. The van der Waals surface area contributed by atoms with E-state index in [-0.39, 0.29) is 25.9 Å². The molecule has 1 saturated heterocycles. The number of allylic oxidation sites excluding steroid dienone is 18. The maximum atomic E-state index is 13.1. The molecule has 12 nitrogen and oxygen atoms in total. The standard InChI is InChI=1S/C65H104O12/c1-4-7-10-13-16-19-22-25-27-29-31-34-36-39-42-45-48-51-57(66)73-54-56(75-58(67)52-49-46-43-40-37-33-24-21-18-15-12-9-6-3)55-74-65-63(61(70)60(69)62(77-65)64(71)72)76-59(68)53-50-47-44-41-38-35-32-30-28-26-23-20-17-14-11-8-5-2/h7,10,12,15-17,19-21,24-28,31,34,39,42,56,60-63,65,69-70H,4-6,8-9,11,13-14,18,22-23,29-30,32-33,35-38,40-41,43-55H2,1-3H3,(H,71,72)/b10-7-,15-12-,19-16-,20-17-,24-21-,27-25-,28-26-,34-31-,42-39-. The number of carboxylic acids is 1. The van der Waals surface area contributed by atoms with Crippen molar-refractivity contribution in [2.75, 3.05) is 13.2 Å². The second kappa shape index (κ2) is 52.1. The molecule has 1 heterocycles. The highest BCUT2D eigenvalue weighted by Crippen LogP contribution is 2.26. The Balaban J connectivity index is 2.73. The highest BCUT2D eigenvalue weighted by atomic mass is 16.7. The van der Waals surface area contributed by atoms with Crippen molar-refractivity contribution in [3.63, 3.8) is 0 Å². The van der Waals surface area contributed by atoms with Gasteiger partial charge in [0.05, 0.1) is 6.61 Å². The monoisotopic (exact) mass is 1080 g/mol. The first kappa shape index (κ1) is 70.4. The van der Waals surface area contributed by atoms with E-state index in [4.69, 9.17) is 23.7 Å². The fourth-order valence-electron chi connectivity index (χ4n) is 8.23. The first-order valence-electron chi connectivity index (χ1n) is 29.9. The molecule has 0 aromatic rings. The van der Waals surface area contributed by atoms with E-state index in [2.05, 4.69) is 124 Å². The third-order valence-corrected chi connectivity index (χ3v) is 12.8. The van der Waals surface area contributed by atoms with Crippen LogP contribution in [0.25, 0.3) is 0 Å². The van der Waals surface area contributed by atoms with Crippen LogP contribution >= 0.6 is 0 Å². The zero-order chi connectivity index (χ0) is 56.1. The summed E-state index contributed by atoms with van der Waals surface area (Å²) in [6.45, 7) is 5.72. The summed E-state index contributed by atoms with van der Waals surface area (Å²) in [4.78, 5) is 51.1. The van der Waals surface area contributed by atoms with Gasteiger partial charge in [0.25, 0.3) is 0 Å². The Hall–Kier alpha value is -4.62. The largest absolute Gasteiger partial charge is 0.479 e. The lowest BCUT2D eigenvalue weighted by Gasteiger charge is -2.40. The van der Waals surface area contributed by atoms with Gasteiger partial charge in [-0.3, -0.25) is 14.4 Å². The van der Waals surface area contributed by atoms with Crippen molar-refractivity contribution in [3.8, 4) is 0 Å². The number of aliphatic carboxylic acids is 1. The van der Waals surface area contributed by atoms with E-state index in [0.29, 0.717) is 25.7 Å². The molecule has 12 heteroatoms. The molecule has 0 saturated carbocycles. The van der Waals surface area contributed by atoms with Crippen LogP contribution < -0.4 is 0 Å². The summed E-state index contributed by atoms with van der Waals surface area (Å²) in [6, 6.07) is 0. The number of unbranched alkanes of at least 4 members (excludes halogenated alkanes) is 17. The van der Waals surface area contributed by atoms with E-state index in [9.17, 15) is 34.5 Å². The van der Waals surface area contributed by atoms with Crippen LogP contribution in [0.15, 0.2) is 109 Å². The van der Waals surface area contributed by atoms with Gasteiger partial charge in [-0.05, 0) is 116 Å². The number of ether oxygens (including phenoxy) is 5. The molecule has 1 aliphatic rings. The van der Waals surface area contributed by atoms with Gasteiger partial charge in [-0.15, -0.1) is 0 Å². The van der Waals surface area contributed by atoms with Crippen molar-refractivity contribution in [1.29, 1.82) is 0 Å². The van der Waals surface area contributed by atoms with Gasteiger partial charge in [0.1, 0.15) is 18.8 Å². The summed E-state index contributed by atoms with van der Waals surface area (Å²) in [5.41, 5.74) is 0. The summed E-state index contributed by atoms with van der Waals surface area (Å²) in [6.07, 6.45) is 57.7. The van der Waals surface area contributed by atoms with Gasteiger partial charge in [-0.25, -0.2) is 4.79 Å². The number of hydrogen-bond acceptors (Lipinski definition) is 11. The minimum Gasteiger partial charge on any atom is -0.479 e. The SMILES string of the molecule is CC/C=C\C/C=C\C/C=C\C/C=C\C/C=C\CCCC(=O)OCC(COC1OC(C(=O)O)C(O)C(O)C1OC(=O)CCCCCCCCC/C=C\C/C=C\CCCCC)OC(=O)CCCCCCC/C=C\C/C=C\CCC. The van der Waals surface area contributed by atoms with Gasteiger partial charge in [0.15, 0.2) is 24.6 Å². The summed E-state index contributed by atoms with van der Waals surface area (Å²) in [5.74, 6) is -3.24. The topological polar surface area (TPSA) is 175 Å². The highest BCUT2D eigenvalue weighted by Gasteiger charge is 2.50. The predicted octanol–water partition coefficient (Wildman–Crippen LogP) is 15.4. The van der Waals surface area contributed by atoms with E-state index in [1.165, 1.54) is 19.3 Å². The molecule has 6 unspecified atom stereocenters. The summed E-state index contributed by atoms with van der Waals surface area (Å²) < 4.78 is 28.4. The lowest BCUT2D eigenvalue weighted by molar-refractivity contribution is -0.301. The molecule has 1 rings (SSSR count). The number of aliphatic hydroxyl groups is 2. The Bertz CT molecular complexity index is 1750. The van der Waals surface area contributed by atoms with Crippen molar-refractivity contribution in [2.24, 2.45) is 0 Å². The normalized spacial score (nSPS) is 18.8. The van der Waals surface area contributed by atoms with Crippen molar-refractivity contribution >= 4 is 23.9 Å². The zero-order valence-corrected chi connectivity index (χ0v) is 47.9. The predicted molar refractivity (Wildman–Crippen MR) is 312 cm³/mol. The summed E-state index contributed by atoms with van der Waals surface area (Å²) in [5, 5.41) is 31.5. The number of carbonyl (C=O) groups excluding carboxylic acids is 3. The molecule has 6 atom stereocenters. The van der Waals surface area contributed by atoms with E-state index in [0.717, 1.165) is 141 Å². The number of carboxylic acid groups (broad SMARTS) is 1. The summed E-state index contributed by atoms with van der Waals surface area (Å²) >= 11 is 0. The zero-order valence-electron chi connectivity index (χ0n) is 47.9. The third kappa shape index (κ3) is 42.1. The highest BCUT2D eigenvalue weighted by molar-refractivity contribution is 5.74. The fraction of sp³-hybridized carbons (Fsp3) is 0.662. The van der Waals surface area contributed by atoms with Gasteiger partial charge in [0.2, 0.25) is 0 Å². The lowest BCUT2D eigenvalue weighted by Crippen LogP contribution is -2.61. The van der Waals surface area contributed by atoms with Crippen molar-refractivity contribution in [1.82, 2.24) is 0 Å². The number of carbonyl (C=O) groups is 4. The maximum absolute atomic E-state index is 13.1. The van der Waals surface area contributed by atoms with Crippen LogP contribution in [0.1, 0.15) is 226 Å². The molecule has 1 aliphatic heterocycles. The van der Waals surface area contributed by atoms with Gasteiger partial charge in [0, 0.05) is 19.3 Å². The van der Waals surface area contributed by atoms with Crippen LogP contribution in [0.2, 0.25) is 0 Å². The Kier molecular flexibility index (Phi) is 47.6. The lowest BCUT2D eigenvalue weighted by atomic mass is 9.98. The number of hydrogen-bond donors (Lipinski definition) is 3. The Morgan fingerprint density at radius 2 is 0.857 bits per heavy atom. The van der Waals surface area contributed by atoms with Crippen LogP contribution in [-0.4, -0.2) is 89.2 Å². The molecular weight excluding hydrogens is 973 g/mol. The number of aliphatic hydroxyl groups excluding tert-OH is 2. The van der Waals surface area contributed by atoms with Crippen LogP contribution in [0.4, 0.5) is 0 Å². The molecular formula is C65H104O12. The van der Waals surface area contributed by atoms with E-state index < -0.39 is 67.3 Å². The average molecular weight is 1080 g/mol. The number of esters is 3. The quantitative estimate of drug-likeness (QED) is 0.0228. The third-order valence-electron chi connectivity index (χ3n) is 12.8. The van der Waals surface area contributed by atoms with Crippen LogP contribution in [0.5, 0.6) is 0 Å². The second-order valence-electron chi connectivity index (χ2n) is 19.9. The van der Waals surface area contributed by atoms with Gasteiger partial charge >= 0.3 is 23.9 Å². The smallest absolute Gasteiger partial charge is 0.335 e. The first-order chi connectivity index (χ1) is 37.6. The Morgan fingerprint density at radius 3 is 1.34 bits per heavy atom. The minimum absolute atomic E-state index is 0.0393. The average Bonchev–Trinajstić information content (AvgIpc) is 3.42. The van der Waals surface area contributed by atoms with Crippen molar-refractivity contribution in [2.45, 2.75) is 263 Å². The molecule has 0 aromatic carbocycles. The molecule has 1 fully saturated rings. The Labute approximate surface area is 465 Å². The first-order valence-corrected chi connectivity index (χ1v) is 29.9. The van der Waals surface area contributed by atoms with E-state index >= 15 is 0 Å². The molecule has 0 aromatic heterocycles. The van der Waals surface area contributed by atoms with Crippen LogP contribution in [0, 0.1) is 0 Å². The molecule has 436 valence electrons.